The van der Waals surface area contributed by atoms with E-state index in [1.807, 2.05) is 11.8 Å². The molecule has 5 heteroatoms. The van der Waals surface area contributed by atoms with Gasteiger partial charge in [0.25, 0.3) is 0 Å². The first-order chi connectivity index (χ1) is 9.06. The first-order valence-electron chi connectivity index (χ1n) is 6.51. The van der Waals surface area contributed by atoms with Crippen molar-refractivity contribution in [3.05, 3.63) is 34.6 Å². The van der Waals surface area contributed by atoms with Gasteiger partial charge in [-0.05, 0) is 25.5 Å². The normalized spacial score (nSPS) is 17.0. The van der Waals surface area contributed by atoms with Crippen LogP contribution in [-0.2, 0) is 11.3 Å². The molecule has 1 aliphatic heterocycles. The molecule has 19 heavy (non-hydrogen) atoms. The van der Waals surface area contributed by atoms with Gasteiger partial charge in [-0.3, -0.25) is 4.79 Å². The number of hydrogen-bond donors (Lipinski definition) is 1. The van der Waals surface area contributed by atoms with Crippen molar-refractivity contribution in [3.63, 3.8) is 0 Å². The van der Waals surface area contributed by atoms with Crippen molar-refractivity contribution in [2.24, 2.45) is 0 Å². The molecule has 1 N–H and O–H groups in total. The lowest BCUT2D eigenvalue weighted by atomic mass is 10.2. The first kappa shape index (κ1) is 14.3. The van der Waals surface area contributed by atoms with Gasteiger partial charge < -0.3 is 10.2 Å². The van der Waals surface area contributed by atoms with Crippen molar-refractivity contribution in [3.8, 4) is 0 Å². The van der Waals surface area contributed by atoms with Crippen LogP contribution in [0.4, 0.5) is 4.39 Å². The molecule has 1 saturated heterocycles. The van der Waals surface area contributed by atoms with Crippen LogP contribution in [0.15, 0.2) is 18.2 Å². The Kier molecular flexibility index (Phi) is 4.77. The highest BCUT2D eigenvalue weighted by molar-refractivity contribution is 6.30. The van der Waals surface area contributed by atoms with E-state index in [0.717, 1.165) is 13.0 Å². The lowest BCUT2D eigenvalue weighted by Crippen LogP contribution is -2.39. The third-order valence-electron chi connectivity index (χ3n) is 3.32. The maximum absolute atomic E-state index is 13.6. The molecule has 1 atom stereocenters. The SMILES string of the molecule is CC(CN1CCCC1=O)NCc1ccc(Cl)cc1F. The van der Waals surface area contributed by atoms with Crippen molar-refractivity contribution in [1.82, 2.24) is 10.2 Å². The maximum Gasteiger partial charge on any atom is 0.222 e. The van der Waals surface area contributed by atoms with E-state index in [1.165, 1.54) is 6.07 Å². The smallest absolute Gasteiger partial charge is 0.222 e. The molecule has 1 heterocycles. The van der Waals surface area contributed by atoms with Crippen LogP contribution in [0.25, 0.3) is 0 Å². The minimum Gasteiger partial charge on any atom is -0.341 e. The van der Waals surface area contributed by atoms with E-state index in [1.54, 1.807) is 12.1 Å². The zero-order chi connectivity index (χ0) is 13.8. The second-order valence-electron chi connectivity index (χ2n) is 4.96. The summed E-state index contributed by atoms with van der Waals surface area (Å²) in [6.45, 7) is 3.94. The van der Waals surface area contributed by atoms with Crippen LogP contribution in [0.3, 0.4) is 0 Å². The number of amides is 1. The number of likely N-dealkylation sites (tertiary alicyclic amines) is 1. The maximum atomic E-state index is 13.6. The van der Waals surface area contributed by atoms with Gasteiger partial charge in [-0.15, -0.1) is 0 Å². The van der Waals surface area contributed by atoms with Gasteiger partial charge >= 0.3 is 0 Å². The van der Waals surface area contributed by atoms with Gasteiger partial charge in [0.2, 0.25) is 5.91 Å². The Morgan fingerprint density at radius 1 is 1.53 bits per heavy atom. The Bertz CT molecular complexity index is 467. The number of carbonyl (C=O) groups is 1. The zero-order valence-corrected chi connectivity index (χ0v) is 11.7. The molecule has 104 valence electrons. The lowest BCUT2D eigenvalue weighted by molar-refractivity contribution is -0.127. The van der Waals surface area contributed by atoms with E-state index >= 15 is 0 Å². The number of nitrogens with one attached hydrogen (secondary N) is 1. The largest absolute Gasteiger partial charge is 0.341 e. The fourth-order valence-electron chi connectivity index (χ4n) is 2.24. The molecule has 0 bridgehead atoms. The Labute approximate surface area is 117 Å². The molecular formula is C14H18ClFN2O. The second kappa shape index (κ2) is 6.35. The predicted molar refractivity (Wildman–Crippen MR) is 73.5 cm³/mol. The predicted octanol–water partition coefficient (Wildman–Crippen LogP) is 2.58. The summed E-state index contributed by atoms with van der Waals surface area (Å²) in [4.78, 5) is 13.4. The Morgan fingerprint density at radius 2 is 2.32 bits per heavy atom. The van der Waals surface area contributed by atoms with Crippen molar-refractivity contribution in [2.75, 3.05) is 13.1 Å². The average molecular weight is 285 g/mol. The minimum absolute atomic E-state index is 0.136. The molecule has 2 rings (SSSR count). The number of rotatable bonds is 5. The van der Waals surface area contributed by atoms with Crippen LogP contribution in [-0.4, -0.2) is 29.9 Å². The summed E-state index contributed by atoms with van der Waals surface area (Å²) in [6, 6.07) is 4.80. The number of carbonyl (C=O) groups excluding carboxylic acids is 1. The molecule has 1 amide bonds. The Hall–Kier alpha value is -1.13. The fraction of sp³-hybridized carbons (Fsp3) is 0.500. The second-order valence-corrected chi connectivity index (χ2v) is 5.40. The third kappa shape index (κ3) is 3.91. The van der Waals surface area contributed by atoms with Crippen molar-refractivity contribution in [2.45, 2.75) is 32.4 Å². The summed E-state index contributed by atoms with van der Waals surface area (Å²) in [7, 11) is 0. The van der Waals surface area contributed by atoms with Gasteiger partial charge in [-0.25, -0.2) is 4.39 Å². The van der Waals surface area contributed by atoms with Crippen LogP contribution >= 0.6 is 11.6 Å². The van der Waals surface area contributed by atoms with Gasteiger partial charge in [-0.2, -0.15) is 0 Å². The quantitative estimate of drug-likeness (QED) is 0.901. The number of nitrogens with zero attached hydrogens (tertiary/aromatic N) is 1. The summed E-state index contributed by atoms with van der Waals surface area (Å²) < 4.78 is 13.6. The molecule has 3 nitrogen and oxygen atoms in total. The van der Waals surface area contributed by atoms with Crippen LogP contribution in [0, 0.1) is 5.82 Å². The van der Waals surface area contributed by atoms with E-state index in [2.05, 4.69) is 5.32 Å². The first-order valence-corrected chi connectivity index (χ1v) is 6.89. The van der Waals surface area contributed by atoms with Gasteiger partial charge in [0.1, 0.15) is 5.82 Å². The topological polar surface area (TPSA) is 32.3 Å². The highest BCUT2D eigenvalue weighted by Gasteiger charge is 2.21. The summed E-state index contributed by atoms with van der Waals surface area (Å²) in [6.07, 6.45) is 1.59. The van der Waals surface area contributed by atoms with E-state index in [0.29, 0.717) is 30.1 Å². The number of hydrogen-bond acceptors (Lipinski definition) is 2. The highest BCUT2D eigenvalue weighted by Crippen LogP contribution is 2.15. The van der Waals surface area contributed by atoms with Crippen LogP contribution in [0.5, 0.6) is 0 Å². The van der Waals surface area contributed by atoms with Gasteiger partial charge in [0.05, 0.1) is 0 Å². The molecule has 0 saturated carbocycles. The molecule has 0 aromatic heterocycles. The van der Waals surface area contributed by atoms with Gasteiger partial charge in [0.15, 0.2) is 0 Å². The summed E-state index contributed by atoms with van der Waals surface area (Å²) in [5.41, 5.74) is 0.587. The molecule has 0 aliphatic carbocycles. The summed E-state index contributed by atoms with van der Waals surface area (Å²) in [5.74, 6) is -0.0872. The van der Waals surface area contributed by atoms with Crippen LogP contribution in [0.2, 0.25) is 5.02 Å². The molecule has 1 aliphatic rings. The molecule has 0 radical (unpaired) electrons. The Morgan fingerprint density at radius 3 is 2.95 bits per heavy atom. The zero-order valence-electron chi connectivity index (χ0n) is 11.0. The highest BCUT2D eigenvalue weighted by atomic mass is 35.5. The van der Waals surface area contributed by atoms with Crippen LogP contribution in [0.1, 0.15) is 25.3 Å². The minimum atomic E-state index is -0.301. The van der Waals surface area contributed by atoms with Crippen molar-refractivity contribution < 1.29 is 9.18 Å². The average Bonchev–Trinajstić information content (AvgIpc) is 2.74. The summed E-state index contributed by atoms with van der Waals surface area (Å²) >= 11 is 5.70. The summed E-state index contributed by atoms with van der Waals surface area (Å²) in [5, 5.41) is 3.63. The molecule has 1 aromatic rings. The van der Waals surface area contributed by atoms with E-state index < -0.39 is 0 Å². The Balaban J connectivity index is 1.82. The number of benzene rings is 1. The molecule has 0 spiro atoms. The fourth-order valence-corrected chi connectivity index (χ4v) is 2.40. The molecule has 1 aromatic carbocycles. The van der Waals surface area contributed by atoms with Crippen LogP contribution < -0.4 is 5.32 Å². The van der Waals surface area contributed by atoms with E-state index in [4.69, 9.17) is 11.6 Å². The molecule has 1 fully saturated rings. The monoisotopic (exact) mass is 284 g/mol. The van der Waals surface area contributed by atoms with Crippen molar-refractivity contribution in [1.29, 1.82) is 0 Å². The number of halogens is 2. The van der Waals surface area contributed by atoms with Gasteiger partial charge in [-0.1, -0.05) is 17.7 Å². The van der Waals surface area contributed by atoms with E-state index in [9.17, 15) is 9.18 Å². The molecular weight excluding hydrogens is 267 g/mol. The lowest BCUT2D eigenvalue weighted by Gasteiger charge is -2.21. The van der Waals surface area contributed by atoms with Gasteiger partial charge in [0, 0.05) is 42.7 Å². The third-order valence-corrected chi connectivity index (χ3v) is 3.56. The van der Waals surface area contributed by atoms with Crippen molar-refractivity contribution >= 4 is 17.5 Å². The standard InChI is InChI=1S/C14H18ClFN2O/c1-10(9-18-6-2-3-14(18)19)17-8-11-4-5-12(15)7-13(11)16/h4-5,7,10,17H,2-3,6,8-9H2,1H3. The molecule has 1 unspecified atom stereocenters. The van der Waals surface area contributed by atoms with E-state index in [-0.39, 0.29) is 17.8 Å².